The van der Waals surface area contributed by atoms with E-state index >= 15 is 0 Å². The molecule has 0 aromatic heterocycles. The Labute approximate surface area is 192 Å². The van der Waals surface area contributed by atoms with Crippen LogP contribution in [0.4, 0.5) is 11.4 Å². The molecule has 172 valence electrons. The summed E-state index contributed by atoms with van der Waals surface area (Å²) in [6.07, 6.45) is -0.219. The largest absolute Gasteiger partial charge is 0.372 e. The van der Waals surface area contributed by atoms with Crippen LogP contribution in [0, 0.1) is 10.1 Å². The van der Waals surface area contributed by atoms with E-state index in [-0.39, 0.29) is 23.5 Å². The Kier molecular flexibility index (Phi) is 6.03. The van der Waals surface area contributed by atoms with Gasteiger partial charge in [-0.25, -0.2) is 4.90 Å². The van der Waals surface area contributed by atoms with Gasteiger partial charge in [0.2, 0.25) is 0 Å². The lowest BCUT2D eigenvalue weighted by atomic mass is 10.0. The summed E-state index contributed by atoms with van der Waals surface area (Å²) in [7, 11) is 0. The van der Waals surface area contributed by atoms with Gasteiger partial charge in [-0.2, -0.15) is 0 Å². The first-order chi connectivity index (χ1) is 15.7. The first-order valence-electron chi connectivity index (χ1n) is 11.1. The van der Waals surface area contributed by atoms with Crippen molar-refractivity contribution in [3.8, 4) is 0 Å². The van der Waals surface area contributed by atoms with Gasteiger partial charge in [-0.05, 0) is 55.2 Å². The minimum Gasteiger partial charge on any atom is -0.372 e. The molecule has 0 aliphatic carbocycles. The van der Waals surface area contributed by atoms with Crippen molar-refractivity contribution in [3.63, 3.8) is 0 Å². The summed E-state index contributed by atoms with van der Waals surface area (Å²) in [4.78, 5) is 41.0. The Morgan fingerprint density at radius 2 is 1.52 bits per heavy atom. The van der Waals surface area contributed by atoms with E-state index in [9.17, 15) is 19.7 Å². The van der Waals surface area contributed by atoms with Crippen molar-refractivity contribution in [2.75, 3.05) is 18.0 Å². The Hall–Kier alpha value is -3.52. The quantitative estimate of drug-likeness (QED) is 0.387. The molecule has 0 saturated carbocycles. The van der Waals surface area contributed by atoms with Gasteiger partial charge in [0.1, 0.15) is 5.70 Å². The predicted molar refractivity (Wildman–Crippen MR) is 125 cm³/mol. The molecule has 33 heavy (non-hydrogen) atoms. The van der Waals surface area contributed by atoms with Crippen molar-refractivity contribution in [1.82, 2.24) is 4.90 Å². The van der Waals surface area contributed by atoms with E-state index in [1.807, 2.05) is 30.9 Å². The maximum Gasteiger partial charge on any atom is 0.282 e. The molecule has 2 unspecified atom stereocenters. The summed E-state index contributed by atoms with van der Waals surface area (Å²) in [6.45, 7) is 8.95. The van der Waals surface area contributed by atoms with Gasteiger partial charge in [-0.1, -0.05) is 26.0 Å². The number of ether oxygens (including phenoxy) is 1. The van der Waals surface area contributed by atoms with Crippen LogP contribution in [0.3, 0.4) is 0 Å². The fraction of sp³-hybridized carbons (Fsp3) is 0.360. The highest BCUT2D eigenvalue weighted by Crippen LogP contribution is 2.36. The molecule has 0 radical (unpaired) electrons. The SMILES string of the molecule is CC1CN(C2=C(c3ccc([N+](=O)[O-])cc3)C(=O)N(c3ccc(C(C)C)cc3)C2=O)CC(C)O1. The fourth-order valence-corrected chi connectivity index (χ4v) is 4.42. The maximum absolute atomic E-state index is 13.7. The van der Waals surface area contributed by atoms with Crippen molar-refractivity contribution < 1.29 is 19.2 Å². The topological polar surface area (TPSA) is 93.0 Å². The first-order valence-corrected chi connectivity index (χ1v) is 11.1. The molecule has 2 heterocycles. The van der Waals surface area contributed by atoms with Gasteiger partial charge in [0, 0.05) is 25.2 Å². The number of nitro benzene ring substituents is 1. The summed E-state index contributed by atoms with van der Waals surface area (Å²) in [6, 6.07) is 13.2. The van der Waals surface area contributed by atoms with Crippen LogP contribution < -0.4 is 4.90 Å². The van der Waals surface area contributed by atoms with Gasteiger partial charge in [0.15, 0.2) is 0 Å². The first kappa shape index (κ1) is 22.7. The van der Waals surface area contributed by atoms with E-state index in [2.05, 4.69) is 13.8 Å². The summed E-state index contributed by atoms with van der Waals surface area (Å²) >= 11 is 0. The number of amides is 2. The fourth-order valence-electron chi connectivity index (χ4n) is 4.42. The lowest BCUT2D eigenvalue weighted by molar-refractivity contribution is -0.384. The molecule has 4 rings (SSSR count). The molecule has 2 aromatic rings. The Bertz CT molecular complexity index is 1110. The van der Waals surface area contributed by atoms with Gasteiger partial charge in [-0.3, -0.25) is 19.7 Å². The number of hydrogen-bond acceptors (Lipinski definition) is 6. The number of nitrogens with zero attached hydrogens (tertiary/aromatic N) is 3. The minimum absolute atomic E-state index is 0.0765. The Morgan fingerprint density at radius 3 is 2.03 bits per heavy atom. The smallest absolute Gasteiger partial charge is 0.282 e. The number of morpholine rings is 1. The standard InChI is InChI=1S/C25H27N3O5/c1-15(2)18-5-9-20(10-6-18)27-24(29)22(19-7-11-21(12-8-19)28(31)32)23(25(27)30)26-13-16(3)33-17(4)14-26/h5-12,15-17H,13-14H2,1-4H3. The normalized spacial score (nSPS) is 21.4. The van der Waals surface area contributed by atoms with Crippen LogP contribution in [-0.2, 0) is 14.3 Å². The third kappa shape index (κ3) is 4.26. The highest BCUT2D eigenvalue weighted by atomic mass is 16.6. The van der Waals surface area contributed by atoms with Crippen LogP contribution in [0.5, 0.6) is 0 Å². The van der Waals surface area contributed by atoms with E-state index < -0.39 is 16.7 Å². The summed E-state index contributed by atoms with van der Waals surface area (Å²) in [5.74, 6) is -0.510. The second kappa shape index (κ2) is 8.78. The van der Waals surface area contributed by atoms with E-state index in [1.54, 1.807) is 12.1 Å². The molecule has 2 aromatic carbocycles. The van der Waals surface area contributed by atoms with Crippen molar-refractivity contribution in [2.24, 2.45) is 0 Å². The molecular weight excluding hydrogens is 422 g/mol. The van der Waals surface area contributed by atoms with Crippen LogP contribution >= 0.6 is 0 Å². The summed E-state index contributed by atoms with van der Waals surface area (Å²) in [5.41, 5.74) is 2.57. The lowest BCUT2D eigenvalue weighted by Gasteiger charge is -2.37. The van der Waals surface area contributed by atoms with Crippen LogP contribution in [0.1, 0.15) is 44.7 Å². The number of anilines is 1. The van der Waals surface area contributed by atoms with Crippen LogP contribution in [0.25, 0.3) is 5.57 Å². The van der Waals surface area contributed by atoms with Crippen molar-refractivity contribution in [2.45, 2.75) is 45.8 Å². The van der Waals surface area contributed by atoms with E-state index in [0.29, 0.717) is 36.0 Å². The van der Waals surface area contributed by atoms with Crippen LogP contribution in [-0.4, -0.2) is 46.9 Å². The molecule has 2 aliphatic rings. The number of non-ortho nitro benzene ring substituents is 1. The van der Waals surface area contributed by atoms with Gasteiger partial charge in [0.25, 0.3) is 17.5 Å². The van der Waals surface area contributed by atoms with E-state index in [4.69, 9.17) is 4.74 Å². The summed E-state index contributed by atoms with van der Waals surface area (Å²) in [5, 5.41) is 11.1. The highest BCUT2D eigenvalue weighted by molar-refractivity contribution is 6.45. The molecule has 2 aliphatic heterocycles. The monoisotopic (exact) mass is 449 g/mol. The Balaban J connectivity index is 1.79. The lowest BCUT2D eigenvalue weighted by Crippen LogP contribution is -2.47. The van der Waals surface area contributed by atoms with Crippen LogP contribution in [0.15, 0.2) is 54.2 Å². The second-order valence-electron chi connectivity index (χ2n) is 8.88. The second-order valence-corrected chi connectivity index (χ2v) is 8.88. The molecule has 2 amide bonds. The average Bonchev–Trinajstić information content (AvgIpc) is 3.03. The molecule has 2 atom stereocenters. The molecule has 0 N–H and O–H groups in total. The number of nitro groups is 1. The molecule has 1 fully saturated rings. The molecule has 8 nitrogen and oxygen atoms in total. The van der Waals surface area contributed by atoms with Gasteiger partial charge < -0.3 is 9.64 Å². The third-order valence-corrected chi connectivity index (χ3v) is 5.98. The summed E-state index contributed by atoms with van der Waals surface area (Å²) < 4.78 is 5.82. The van der Waals surface area contributed by atoms with Crippen molar-refractivity contribution >= 4 is 28.8 Å². The van der Waals surface area contributed by atoms with Gasteiger partial charge in [-0.15, -0.1) is 0 Å². The van der Waals surface area contributed by atoms with Crippen LogP contribution in [0.2, 0.25) is 0 Å². The van der Waals surface area contributed by atoms with Crippen molar-refractivity contribution in [1.29, 1.82) is 0 Å². The van der Waals surface area contributed by atoms with Gasteiger partial charge in [0.05, 0.1) is 28.4 Å². The number of carbonyl (C=O) groups excluding carboxylic acids is 2. The zero-order valence-corrected chi connectivity index (χ0v) is 19.1. The molecule has 0 spiro atoms. The highest BCUT2D eigenvalue weighted by Gasteiger charge is 2.44. The zero-order chi connectivity index (χ0) is 23.9. The molecular formula is C25H27N3O5. The maximum atomic E-state index is 13.7. The molecule has 0 bridgehead atoms. The van der Waals surface area contributed by atoms with Crippen molar-refractivity contribution in [3.05, 3.63) is 75.5 Å². The zero-order valence-electron chi connectivity index (χ0n) is 19.1. The van der Waals surface area contributed by atoms with E-state index in [0.717, 1.165) is 5.56 Å². The number of benzene rings is 2. The number of carbonyl (C=O) groups is 2. The third-order valence-electron chi connectivity index (χ3n) is 5.98. The number of imide groups is 1. The van der Waals surface area contributed by atoms with Gasteiger partial charge >= 0.3 is 0 Å². The molecule has 8 heteroatoms. The minimum atomic E-state index is -0.491. The van der Waals surface area contributed by atoms with E-state index in [1.165, 1.54) is 29.2 Å². The number of rotatable bonds is 5. The average molecular weight is 450 g/mol. The predicted octanol–water partition coefficient (Wildman–Crippen LogP) is 4.11. The number of hydrogen-bond donors (Lipinski definition) is 0. The Morgan fingerprint density at radius 1 is 0.939 bits per heavy atom. The molecule has 1 saturated heterocycles.